The minimum absolute atomic E-state index is 0.00648. The van der Waals surface area contributed by atoms with Crippen LogP contribution in [0.25, 0.3) is 0 Å². The maximum Gasteiger partial charge on any atom is 0.339 e. The van der Waals surface area contributed by atoms with E-state index in [1.807, 2.05) is 24.3 Å². The summed E-state index contributed by atoms with van der Waals surface area (Å²) in [4.78, 5) is 11.6. The summed E-state index contributed by atoms with van der Waals surface area (Å²) in [6, 6.07) is 11.2. The number of carbonyl (C=O) groups excluding carboxylic acids is 1. The normalized spacial score (nSPS) is 12.6. The molecule has 134 valence electrons. The second-order valence-electron chi connectivity index (χ2n) is 5.57. The average Bonchev–Trinajstić information content (AvgIpc) is 2.61. The smallest absolute Gasteiger partial charge is 0.339 e. The molecule has 0 saturated heterocycles. The zero-order valence-corrected chi connectivity index (χ0v) is 15.8. The fourth-order valence-electron chi connectivity index (χ4n) is 2.35. The number of halogens is 1. The number of hydrogen-bond donors (Lipinski definition) is 1. The van der Waals surface area contributed by atoms with Crippen molar-refractivity contribution in [3.63, 3.8) is 0 Å². The number of rotatable bonds is 6. The lowest BCUT2D eigenvalue weighted by Crippen LogP contribution is -2.27. The van der Waals surface area contributed by atoms with Crippen LogP contribution in [0.2, 0.25) is 5.02 Å². The van der Waals surface area contributed by atoms with Crippen LogP contribution in [-0.4, -0.2) is 21.5 Å². The zero-order valence-electron chi connectivity index (χ0n) is 14.2. The first kappa shape index (κ1) is 19.4. The molecule has 0 aromatic heterocycles. The second-order valence-corrected chi connectivity index (χ2v) is 7.69. The van der Waals surface area contributed by atoms with Crippen LogP contribution in [0.3, 0.4) is 0 Å². The van der Waals surface area contributed by atoms with E-state index in [0.29, 0.717) is 0 Å². The van der Waals surface area contributed by atoms with Crippen molar-refractivity contribution in [2.24, 2.45) is 0 Å². The molecule has 0 aliphatic carbocycles. The highest BCUT2D eigenvalue weighted by Crippen LogP contribution is 2.23. The van der Waals surface area contributed by atoms with Crippen molar-refractivity contribution in [3.8, 4) is 0 Å². The van der Waals surface area contributed by atoms with Crippen LogP contribution >= 0.6 is 11.6 Å². The number of methoxy groups -OCH3 is 1. The number of esters is 1. The summed E-state index contributed by atoms with van der Waals surface area (Å²) >= 11 is 5.93. The fourth-order valence-corrected chi connectivity index (χ4v) is 3.80. The molecule has 7 heteroatoms. The van der Waals surface area contributed by atoms with Gasteiger partial charge in [-0.2, -0.15) is 0 Å². The molecule has 1 N–H and O–H groups in total. The van der Waals surface area contributed by atoms with E-state index in [1.165, 1.54) is 30.9 Å². The van der Waals surface area contributed by atoms with Gasteiger partial charge >= 0.3 is 5.97 Å². The Balaban J connectivity index is 2.27. The third-order valence-corrected chi connectivity index (χ3v) is 5.74. The molecule has 0 aliphatic heterocycles. The Kier molecular flexibility index (Phi) is 6.21. The lowest BCUT2D eigenvalue weighted by Gasteiger charge is -2.16. The Bertz CT molecular complexity index is 863. The Labute approximate surface area is 153 Å². The van der Waals surface area contributed by atoms with Crippen LogP contribution in [0.5, 0.6) is 0 Å². The first-order valence-electron chi connectivity index (χ1n) is 7.77. The predicted molar refractivity (Wildman–Crippen MR) is 97.3 cm³/mol. The van der Waals surface area contributed by atoms with Crippen LogP contribution in [0.4, 0.5) is 0 Å². The Morgan fingerprint density at radius 2 is 1.84 bits per heavy atom. The quantitative estimate of drug-likeness (QED) is 0.774. The molecule has 25 heavy (non-hydrogen) atoms. The summed E-state index contributed by atoms with van der Waals surface area (Å²) in [6.07, 6.45) is 0.918. The third kappa shape index (κ3) is 4.60. The lowest BCUT2D eigenvalue weighted by molar-refractivity contribution is 0.0600. The SMILES string of the molecule is CCc1ccc([C@H](C)NS(=O)(=O)c2ccc(Cl)c(C(=O)OC)c2)cc1. The number of sulfonamides is 1. The topological polar surface area (TPSA) is 72.5 Å². The van der Waals surface area contributed by atoms with Gasteiger partial charge in [-0.1, -0.05) is 42.8 Å². The highest BCUT2D eigenvalue weighted by atomic mass is 35.5. The Morgan fingerprint density at radius 3 is 2.40 bits per heavy atom. The molecule has 0 saturated carbocycles. The number of nitrogens with one attached hydrogen (secondary N) is 1. The van der Waals surface area contributed by atoms with Crippen molar-refractivity contribution >= 4 is 27.6 Å². The van der Waals surface area contributed by atoms with Gasteiger partial charge in [0.2, 0.25) is 10.0 Å². The van der Waals surface area contributed by atoms with E-state index in [2.05, 4.69) is 16.4 Å². The maximum absolute atomic E-state index is 12.6. The summed E-state index contributed by atoms with van der Waals surface area (Å²) in [5.41, 5.74) is 2.04. The minimum Gasteiger partial charge on any atom is -0.465 e. The van der Waals surface area contributed by atoms with Crippen LogP contribution < -0.4 is 4.72 Å². The van der Waals surface area contributed by atoms with Crippen molar-refractivity contribution in [2.75, 3.05) is 7.11 Å². The first-order valence-corrected chi connectivity index (χ1v) is 9.63. The summed E-state index contributed by atoms with van der Waals surface area (Å²) in [7, 11) is -2.61. The summed E-state index contributed by atoms with van der Waals surface area (Å²) < 4.78 is 32.4. The molecule has 0 unspecified atom stereocenters. The van der Waals surface area contributed by atoms with Gasteiger partial charge in [-0.3, -0.25) is 0 Å². The summed E-state index contributed by atoms with van der Waals surface area (Å²) in [5.74, 6) is -0.690. The van der Waals surface area contributed by atoms with Gasteiger partial charge in [0, 0.05) is 6.04 Å². The van der Waals surface area contributed by atoms with Crippen molar-refractivity contribution in [1.29, 1.82) is 0 Å². The number of benzene rings is 2. The van der Waals surface area contributed by atoms with Gasteiger partial charge in [0.15, 0.2) is 0 Å². The Hall–Kier alpha value is -1.89. The predicted octanol–water partition coefficient (Wildman–Crippen LogP) is 3.73. The molecule has 0 aliphatic rings. The lowest BCUT2D eigenvalue weighted by atomic mass is 10.1. The summed E-state index contributed by atoms with van der Waals surface area (Å²) in [5, 5.41) is 0.133. The van der Waals surface area contributed by atoms with Crippen LogP contribution in [-0.2, 0) is 21.2 Å². The molecule has 0 bridgehead atoms. The van der Waals surface area contributed by atoms with E-state index in [-0.39, 0.29) is 15.5 Å². The molecule has 0 spiro atoms. The number of carbonyl (C=O) groups is 1. The average molecular weight is 382 g/mol. The molecule has 1 atom stereocenters. The number of hydrogen-bond acceptors (Lipinski definition) is 4. The third-order valence-electron chi connectivity index (χ3n) is 3.87. The molecule has 0 radical (unpaired) electrons. The molecular formula is C18H20ClNO4S. The van der Waals surface area contributed by atoms with Gasteiger partial charge in [0.05, 0.1) is 22.6 Å². The molecule has 2 aromatic rings. The molecule has 5 nitrogen and oxygen atoms in total. The molecule has 0 fully saturated rings. The molecule has 0 amide bonds. The maximum atomic E-state index is 12.6. The van der Waals surface area contributed by atoms with Crippen molar-refractivity contribution < 1.29 is 17.9 Å². The Morgan fingerprint density at radius 1 is 1.20 bits per heavy atom. The van der Waals surface area contributed by atoms with Gasteiger partial charge in [-0.05, 0) is 42.7 Å². The number of aryl methyl sites for hydroxylation is 1. The van der Waals surface area contributed by atoms with Crippen molar-refractivity contribution in [3.05, 3.63) is 64.2 Å². The van der Waals surface area contributed by atoms with Crippen LogP contribution in [0.1, 0.15) is 41.4 Å². The van der Waals surface area contributed by atoms with Crippen molar-refractivity contribution in [2.45, 2.75) is 31.2 Å². The van der Waals surface area contributed by atoms with E-state index in [9.17, 15) is 13.2 Å². The molecular weight excluding hydrogens is 362 g/mol. The zero-order chi connectivity index (χ0) is 18.6. The summed E-state index contributed by atoms with van der Waals surface area (Å²) in [6.45, 7) is 3.82. The standard InChI is InChI=1S/C18H20ClNO4S/c1-4-13-5-7-14(8-6-13)12(2)20-25(22,23)15-9-10-17(19)16(11-15)18(21)24-3/h5-12,20H,4H2,1-3H3/t12-/m0/s1. The molecule has 0 heterocycles. The molecule has 2 rings (SSSR count). The molecule has 2 aromatic carbocycles. The van der Waals surface area contributed by atoms with Gasteiger partial charge in [0.1, 0.15) is 0 Å². The van der Waals surface area contributed by atoms with Gasteiger partial charge in [0.25, 0.3) is 0 Å². The highest BCUT2D eigenvalue weighted by Gasteiger charge is 2.21. The van der Waals surface area contributed by atoms with E-state index >= 15 is 0 Å². The minimum atomic E-state index is -3.82. The van der Waals surface area contributed by atoms with Crippen molar-refractivity contribution in [1.82, 2.24) is 4.72 Å². The van der Waals surface area contributed by atoms with Gasteiger partial charge in [-0.25, -0.2) is 17.9 Å². The van der Waals surface area contributed by atoms with Crippen LogP contribution in [0, 0.1) is 0 Å². The highest BCUT2D eigenvalue weighted by molar-refractivity contribution is 7.89. The largest absolute Gasteiger partial charge is 0.465 e. The van der Waals surface area contributed by atoms with E-state index in [0.717, 1.165) is 12.0 Å². The van der Waals surface area contributed by atoms with Gasteiger partial charge < -0.3 is 4.74 Å². The number of ether oxygens (including phenoxy) is 1. The second kappa shape index (κ2) is 7.99. The monoisotopic (exact) mass is 381 g/mol. The van der Waals surface area contributed by atoms with Crippen LogP contribution in [0.15, 0.2) is 47.4 Å². The first-order chi connectivity index (χ1) is 11.8. The van der Waals surface area contributed by atoms with E-state index in [4.69, 9.17) is 11.6 Å². The van der Waals surface area contributed by atoms with E-state index in [1.54, 1.807) is 6.92 Å². The van der Waals surface area contributed by atoms with E-state index < -0.39 is 22.0 Å². The van der Waals surface area contributed by atoms with Gasteiger partial charge in [-0.15, -0.1) is 0 Å². The fraction of sp³-hybridized carbons (Fsp3) is 0.278.